The number of rotatable bonds is 5. The predicted molar refractivity (Wildman–Crippen MR) is 115 cm³/mol. The van der Waals surface area contributed by atoms with Gasteiger partial charge in [-0.05, 0) is 61.3 Å². The zero-order valence-electron chi connectivity index (χ0n) is 18.3. The average molecular weight is 434 g/mol. The average Bonchev–Trinajstić information content (AvgIpc) is 3.14. The molecule has 0 radical (unpaired) electrons. The van der Waals surface area contributed by atoms with Gasteiger partial charge in [-0.2, -0.15) is 5.10 Å². The number of carbonyl (C=O) groups excluding carboxylic acids is 1. The van der Waals surface area contributed by atoms with Crippen LogP contribution < -0.4 is 0 Å². The van der Waals surface area contributed by atoms with Gasteiger partial charge in [0.2, 0.25) is 0 Å². The molecule has 1 fully saturated rings. The first-order valence-electron chi connectivity index (χ1n) is 10.9. The molecular weight excluding hydrogens is 410 g/mol. The van der Waals surface area contributed by atoms with Crippen LogP contribution in [0.25, 0.3) is 11.3 Å². The first kappa shape index (κ1) is 20.8. The van der Waals surface area contributed by atoms with Crippen molar-refractivity contribution in [2.75, 3.05) is 0 Å². The first-order valence-corrected chi connectivity index (χ1v) is 10.9. The lowest BCUT2D eigenvalue weighted by Crippen LogP contribution is -2.38. The Hall–Kier alpha value is -3.09. The number of hydrogen-bond donors (Lipinski definition) is 0. The van der Waals surface area contributed by atoms with Gasteiger partial charge in [-0.3, -0.25) is 9.97 Å². The summed E-state index contributed by atoms with van der Waals surface area (Å²) in [5.41, 5.74) is 2.75. The molecule has 0 spiro atoms. The van der Waals surface area contributed by atoms with E-state index in [9.17, 15) is 13.6 Å². The highest BCUT2D eigenvalue weighted by Gasteiger charge is 2.65. The second-order valence-electron chi connectivity index (χ2n) is 9.45. The maximum atomic E-state index is 14.4. The molecule has 2 aliphatic rings. The van der Waals surface area contributed by atoms with Crippen LogP contribution in [0.5, 0.6) is 0 Å². The molecule has 0 unspecified atom stereocenters. The van der Waals surface area contributed by atoms with Gasteiger partial charge < -0.3 is 4.79 Å². The van der Waals surface area contributed by atoms with E-state index in [1.54, 1.807) is 25.4 Å². The van der Waals surface area contributed by atoms with Crippen LogP contribution >= 0.6 is 0 Å². The number of nitrogens with zero attached hydrogens (tertiary/aromatic N) is 4. The van der Waals surface area contributed by atoms with E-state index in [4.69, 9.17) is 4.98 Å². The van der Waals surface area contributed by atoms with Crippen molar-refractivity contribution in [2.24, 2.45) is 5.41 Å². The van der Waals surface area contributed by atoms with Gasteiger partial charge in [0, 0.05) is 18.8 Å². The smallest absolute Gasteiger partial charge is 0.135 e. The summed E-state index contributed by atoms with van der Waals surface area (Å²) in [6.07, 6.45) is 6.22. The lowest BCUT2D eigenvalue weighted by atomic mass is 9.66. The summed E-state index contributed by atoms with van der Waals surface area (Å²) in [4.78, 5) is 20.7. The molecule has 1 saturated carbocycles. The van der Waals surface area contributed by atoms with E-state index < -0.39 is 17.0 Å². The number of halogens is 2. The summed E-state index contributed by atoms with van der Waals surface area (Å²) in [6.45, 7) is 5.96. The van der Waals surface area contributed by atoms with Gasteiger partial charge in [0.1, 0.15) is 17.4 Å². The number of aromatic nitrogens is 4. The number of aryl methyl sites for hydroxylation is 1. The third kappa shape index (κ3) is 2.83. The highest BCUT2D eigenvalue weighted by atomic mass is 19.1. The molecule has 32 heavy (non-hydrogen) atoms. The largest absolute Gasteiger partial charge is 0.300 e. The Kier molecular flexibility index (Phi) is 4.69. The van der Waals surface area contributed by atoms with Crippen LogP contribution in [0.1, 0.15) is 68.6 Å². The van der Waals surface area contributed by atoms with Crippen molar-refractivity contribution >= 4 is 5.78 Å². The summed E-state index contributed by atoms with van der Waals surface area (Å²) in [5.74, 6) is -1.02. The zero-order valence-corrected chi connectivity index (χ0v) is 18.3. The summed E-state index contributed by atoms with van der Waals surface area (Å²) in [5, 5.41) is 8.80. The Morgan fingerprint density at radius 3 is 2.62 bits per heavy atom. The first-order chi connectivity index (χ1) is 15.3. The van der Waals surface area contributed by atoms with Gasteiger partial charge in [-0.1, -0.05) is 19.9 Å². The maximum Gasteiger partial charge on any atom is 0.135 e. The van der Waals surface area contributed by atoms with Crippen LogP contribution in [0.15, 0.2) is 36.7 Å². The summed E-state index contributed by atoms with van der Waals surface area (Å²) < 4.78 is 28.8. The predicted octanol–water partition coefficient (Wildman–Crippen LogP) is 4.94. The number of fused-ring (bicyclic) bond motifs is 5. The van der Waals surface area contributed by atoms with E-state index in [0.29, 0.717) is 12.8 Å². The molecular formula is C25H24F2N4O. The molecule has 164 valence electrons. The van der Waals surface area contributed by atoms with Crippen molar-refractivity contribution < 1.29 is 13.6 Å². The van der Waals surface area contributed by atoms with Crippen LogP contribution in [0.3, 0.4) is 0 Å². The third-order valence-electron chi connectivity index (χ3n) is 7.46. The van der Waals surface area contributed by atoms with E-state index >= 15 is 0 Å². The van der Waals surface area contributed by atoms with Crippen LogP contribution in [-0.4, -0.2) is 25.9 Å². The van der Waals surface area contributed by atoms with E-state index in [2.05, 4.69) is 29.0 Å². The summed E-state index contributed by atoms with van der Waals surface area (Å²) >= 11 is 0. The molecule has 2 heterocycles. The van der Waals surface area contributed by atoms with Gasteiger partial charge in [-0.15, -0.1) is 5.10 Å². The van der Waals surface area contributed by atoms with Crippen LogP contribution in [-0.2, 0) is 16.6 Å². The van der Waals surface area contributed by atoms with E-state index in [0.717, 1.165) is 35.5 Å². The quantitative estimate of drug-likeness (QED) is 0.569. The van der Waals surface area contributed by atoms with Crippen molar-refractivity contribution in [3.63, 3.8) is 0 Å². The van der Waals surface area contributed by atoms with Crippen LogP contribution in [0.2, 0.25) is 0 Å². The highest BCUT2D eigenvalue weighted by molar-refractivity contribution is 5.75. The third-order valence-corrected chi connectivity index (χ3v) is 7.46. The Morgan fingerprint density at radius 2 is 1.91 bits per heavy atom. The Labute approximate surface area is 185 Å². The molecule has 0 saturated heterocycles. The lowest BCUT2D eigenvalue weighted by Gasteiger charge is -2.37. The second-order valence-corrected chi connectivity index (χ2v) is 9.45. The fourth-order valence-corrected chi connectivity index (χ4v) is 5.79. The van der Waals surface area contributed by atoms with Crippen molar-refractivity contribution in [3.8, 4) is 11.3 Å². The zero-order chi connectivity index (χ0) is 22.7. The summed E-state index contributed by atoms with van der Waals surface area (Å²) in [7, 11) is 0. The number of Topliss-reactive ketones (excluding diaryl/α,β-unsaturated/α-hetero) is 1. The Balaban J connectivity index is 1.64. The minimum Gasteiger partial charge on any atom is -0.300 e. The SMILES string of the molecule is CC(=O)CCc1cncc([C@@]23CC[C@@H](c4cc(-c5c(F)cccc5F)nnc42)C3(C)C)n1. The van der Waals surface area contributed by atoms with Gasteiger partial charge in [0.05, 0.1) is 33.8 Å². The molecule has 3 aromatic rings. The molecule has 5 rings (SSSR count). The minimum absolute atomic E-state index is 0.113. The molecule has 0 N–H and O–H groups in total. The van der Waals surface area contributed by atoms with E-state index in [-0.39, 0.29) is 28.4 Å². The number of benzene rings is 1. The minimum atomic E-state index is -0.652. The van der Waals surface area contributed by atoms with E-state index in [1.165, 1.54) is 18.2 Å². The standard InChI is InChI=1S/C25H24F2N4O/c1-14(32)7-8-15-12-28-13-21(29-15)25-10-9-17(24(25,2)3)16-11-20(30-31-23(16)25)22-18(26)5-4-6-19(22)27/h4-6,11-13,17H,7-10H2,1-3H3/t17-,25-/m0/s1. The lowest BCUT2D eigenvalue weighted by molar-refractivity contribution is -0.117. The van der Waals surface area contributed by atoms with Crippen LogP contribution in [0.4, 0.5) is 8.78 Å². The molecule has 5 nitrogen and oxygen atoms in total. The number of carbonyl (C=O) groups is 1. The van der Waals surface area contributed by atoms with E-state index in [1.807, 2.05) is 0 Å². The number of hydrogen-bond acceptors (Lipinski definition) is 5. The summed E-state index contributed by atoms with van der Waals surface area (Å²) in [6, 6.07) is 5.59. The Morgan fingerprint density at radius 1 is 1.16 bits per heavy atom. The topological polar surface area (TPSA) is 68.6 Å². The molecule has 2 aliphatic carbocycles. The normalized spacial score (nSPS) is 22.7. The molecule has 1 aromatic carbocycles. The van der Waals surface area contributed by atoms with Gasteiger partial charge in [0.25, 0.3) is 0 Å². The fraction of sp³-hybridized carbons (Fsp3) is 0.400. The van der Waals surface area contributed by atoms with Crippen molar-refractivity contribution in [3.05, 3.63) is 70.9 Å². The molecule has 2 atom stereocenters. The van der Waals surface area contributed by atoms with Crippen molar-refractivity contribution in [1.82, 2.24) is 20.2 Å². The fourth-order valence-electron chi connectivity index (χ4n) is 5.79. The van der Waals surface area contributed by atoms with Gasteiger partial charge >= 0.3 is 0 Å². The molecule has 0 aliphatic heterocycles. The highest BCUT2D eigenvalue weighted by Crippen LogP contribution is 2.69. The van der Waals surface area contributed by atoms with Crippen LogP contribution in [0, 0.1) is 17.0 Å². The molecule has 0 amide bonds. The second kappa shape index (κ2) is 7.22. The van der Waals surface area contributed by atoms with Gasteiger partial charge in [0.15, 0.2) is 0 Å². The molecule has 2 aromatic heterocycles. The number of ketones is 1. The Bertz CT molecular complexity index is 1220. The van der Waals surface area contributed by atoms with Crippen molar-refractivity contribution in [1.29, 1.82) is 0 Å². The van der Waals surface area contributed by atoms with Gasteiger partial charge in [-0.25, -0.2) is 8.78 Å². The van der Waals surface area contributed by atoms with Crippen molar-refractivity contribution in [2.45, 2.75) is 57.8 Å². The molecule has 2 bridgehead atoms. The molecule has 7 heteroatoms. The monoisotopic (exact) mass is 434 g/mol. The maximum absolute atomic E-state index is 14.4.